The molecule has 0 aliphatic heterocycles. The predicted molar refractivity (Wildman–Crippen MR) is 118 cm³/mol. The molecule has 0 amide bonds. The second-order valence-electron chi connectivity index (χ2n) is 8.54. The standard InChI is InChI=1S/C24H34O2Si/c1-7-19(2)23(25)20(3)18-26-27(24(4,5)6,21-14-10-8-11-15-21)22-16-12-9-13-17-22/h7-17,19-20,23,25H,1,18H2,2-6H3/t19-,20-,23+/m0/s1. The van der Waals surface area contributed by atoms with Gasteiger partial charge in [-0.15, -0.1) is 6.58 Å². The van der Waals surface area contributed by atoms with Crippen molar-refractivity contribution >= 4 is 18.7 Å². The van der Waals surface area contributed by atoms with E-state index < -0.39 is 14.4 Å². The normalized spacial score (nSPS) is 15.8. The number of hydrogen-bond donors (Lipinski definition) is 1. The van der Waals surface area contributed by atoms with Gasteiger partial charge in [-0.3, -0.25) is 0 Å². The monoisotopic (exact) mass is 382 g/mol. The molecule has 146 valence electrons. The molecular formula is C24H34O2Si. The Kier molecular flexibility index (Phi) is 7.21. The molecule has 2 aromatic rings. The van der Waals surface area contributed by atoms with Gasteiger partial charge >= 0.3 is 0 Å². The molecule has 0 unspecified atom stereocenters. The van der Waals surface area contributed by atoms with Gasteiger partial charge in [-0.25, -0.2) is 0 Å². The van der Waals surface area contributed by atoms with Crippen LogP contribution in [0.1, 0.15) is 34.6 Å². The van der Waals surface area contributed by atoms with E-state index in [-0.39, 0.29) is 16.9 Å². The molecule has 3 heteroatoms. The van der Waals surface area contributed by atoms with Crippen molar-refractivity contribution in [3.8, 4) is 0 Å². The maximum Gasteiger partial charge on any atom is 0.261 e. The zero-order chi connectivity index (χ0) is 20.1. The molecular weight excluding hydrogens is 348 g/mol. The van der Waals surface area contributed by atoms with Crippen LogP contribution in [0.25, 0.3) is 0 Å². The van der Waals surface area contributed by atoms with Crippen molar-refractivity contribution < 1.29 is 9.53 Å². The van der Waals surface area contributed by atoms with Crippen molar-refractivity contribution in [2.24, 2.45) is 11.8 Å². The molecule has 0 fully saturated rings. The Hall–Kier alpha value is -1.68. The summed E-state index contributed by atoms with van der Waals surface area (Å²) in [4.78, 5) is 0. The molecule has 0 heterocycles. The Balaban J connectivity index is 2.48. The molecule has 2 aromatic carbocycles. The van der Waals surface area contributed by atoms with E-state index in [1.807, 2.05) is 13.0 Å². The molecule has 2 rings (SSSR count). The van der Waals surface area contributed by atoms with E-state index in [4.69, 9.17) is 4.43 Å². The minimum absolute atomic E-state index is 0.0275. The minimum atomic E-state index is -2.54. The van der Waals surface area contributed by atoms with E-state index in [1.165, 1.54) is 10.4 Å². The molecule has 0 bridgehead atoms. The van der Waals surface area contributed by atoms with Crippen molar-refractivity contribution in [2.75, 3.05) is 6.61 Å². The van der Waals surface area contributed by atoms with Gasteiger partial charge in [0.25, 0.3) is 8.32 Å². The van der Waals surface area contributed by atoms with Crippen molar-refractivity contribution in [3.05, 3.63) is 73.3 Å². The predicted octanol–water partition coefficient (Wildman–Crippen LogP) is 4.38. The average molecular weight is 383 g/mol. The molecule has 27 heavy (non-hydrogen) atoms. The van der Waals surface area contributed by atoms with Crippen LogP contribution in [-0.2, 0) is 4.43 Å². The first-order valence-corrected chi connectivity index (χ1v) is 11.7. The Labute approximate surface area is 166 Å². The first kappa shape index (κ1) is 21.6. The van der Waals surface area contributed by atoms with E-state index in [1.54, 1.807) is 0 Å². The summed E-state index contributed by atoms with van der Waals surface area (Å²) >= 11 is 0. The fraction of sp³-hybridized carbons (Fsp3) is 0.417. The van der Waals surface area contributed by atoms with Crippen LogP contribution >= 0.6 is 0 Å². The molecule has 0 spiro atoms. The highest BCUT2D eigenvalue weighted by molar-refractivity contribution is 6.99. The summed E-state index contributed by atoms with van der Waals surface area (Å²) in [6.07, 6.45) is 1.35. The highest BCUT2D eigenvalue weighted by Crippen LogP contribution is 2.37. The lowest BCUT2D eigenvalue weighted by atomic mass is 9.94. The SMILES string of the molecule is C=C[C@H](C)[C@@H](O)[C@@H](C)CO[Si](c1ccccc1)(c1ccccc1)C(C)(C)C. The van der Waals surface area contributed by atoms with Gasteiger partial charge in [0, 0.05) is 18.4 Å². The van der Waals surface area contributed by atoms with Crippen LogP contribution in [0.4, 0.5) is 0 Å². The van der Waals surface area contributed by atoms with E-state index in [0.29, 0.717) is 6.61 Å². The lowest BCUT2D eigenvalue weighted by Gasteiger charge is -2.44. The van der Waals surface area contributed by atoms with Gasteiger partial charge in [-0.05, 0) is 15.4 Å². The van der Waals surface area contributed by atoms with Gasteiger partial charge < -0.3 is 9.53 Å². The molecule has 0 aliphatic rings. The molecule has 0 saturated carbocycles. The smallest absolute Gasteiger partial charge is 0.261 e. The summed E-state index contributed by atoms with van der Waals surface area (Å²) in [5.74, 6) is 0.0717. The second-order valence-corrected chi connectivity index (χ2v) is 12.8. The van der Waals surface area contributed by atoms with Gasteiger partial charge in [0.1, 0.15) is 0 Å². The van der Waals surface area contributed by atoms with Crippen molar-refractivity contribution in [1.82, 2.24) is 0 Å². The fourth-order valence-electron chi connectivity index (χ4n) is 3.77. The molecule has 0 aliphatic carbocycles. The van der Waals surface area contributed by atoms with Crippen molar-refractivity contribution in [3.63, 3.8) is 0 Å². The molecule has 2 nitrogen and oxygen atoms in total. The minimum Gasteiger partial charge on any atom is -0.407 e. The lowest BCUT2D eigenvalue weighted by molar-refractivity contribution is 0.0550. The average Bonchev–Trinajstić information content (AvgIpc) is 2.67. The number of benzene rings is 2. The first-order chi connectivity index (χ1) is 12.7. The maximum atomic E-state index is 10.6. The molecule has 0 aromatic heterocycles. The highest BCUT2D eigenvalue weighted by Gasteiger charge is 2.50. The van der Waals surface area contributed by atoms with Gasteiger partial charge in [0.05, 0.1) is 6.10 Å². The maximum absolute atomic E-state index is 10.6. The Morgan fingerprint density at radius 3 is 1.78 bits per heavy atom. The topological polar surface area (TPSA) is 29.5 Å². The zero-order valence-electron chi connectivity index (χ0n) is 17.4. The fourth-order valence-corrected chi connectivity index (χ4v) is 8.44. The summed E-state index contributed by atoms with van der Waals surface area (Å²) in [6.45, 7) is 15.2. The van der Waals surface area contributed by atoms with E-state index in [2.05, 4.69) is 94.9 Å². The largest absolute Gasteiger partial charge is 0.407 e. The molecule has 0 saturated heterocycles. The number of aliphatic hydroxyl groups is 1. The Bertz CT molecular complexity index is 667. The first-order valence-electron chi connectivity index (χ1n) is 9.79. The van der Waals surface area contributed by atoms with Crippen LogP contribution in [-0.4, -0.2) is 26.1 Å². The van der Waals surface area contributed by atoms with E-state index in [0.717, 1.165) is 0 Å². The van der Waals surface area contributed by atoms with Crippen molar-refractivity contribution in [1.29, 1.82) is 0 Å². The number of aliphatic hydroxyl groups excluding tert-OH is 1. The van der Waals surface area contributed by atoms with Crippen LogP contribution in [0.15, 0.2) is 73.3 Å². The Morgan fingerprint density at radius 1 is 0.963 bits per heavy atom. The van der Waals surface area contributed by atoms with Crippen LogP contribution in [0.5, 0.6) is 0 Å². The van der Waals surface area contributed by atoms with E-state index in [9.17, 15) is 5.11 Å². The third-order valence-electron chi connectivity index (χ3n) is 5.47. The van der Waals surface area contributed by atoms with Gasteiger partial charge in [0.2, 0.25) is 0 Å². The van der Waals surface area contributed by atoms with E-state index >= 15 is 0 Å². The summed E-state index contributed by atoms with van der Waals surface area (Å²) in [5, 5.41) is 13.1. The summed E-state index contributed by atoms with van der Waals surface area (Å²) in [7, 11) is -2.54. The van der Waals surface area contributed by atoms with Crippen LogP contribution in [0.2, 0.25) is 5.04 Å². The zero-order valence-corrected chi connectivity index (χ0v) is 18.4. The van der Waals surface area contributed by atoms with Gasteiger partial charge in [-0.1, -0.05) is 101 Å². The quantitative estimate of drug-likeness (QED) is 0.542. The molecule has 3 atom stereocenters. The van der Waals surface area contributed by atoms with Gasteiger partial charge in [0.15, 0.2) is 0 Å². The number of hydrogen-bond acceptors (Lipinski definition) is 2. The summed E-state index contributed by atoms with van der Waals surface area (Å²) in [6, 6.07) is 21.2. The third-order valence-corrected chi connectivity index (χ3v) is 10.5. The van der Waals surface area contributed by atoms with Crippen molar-refractivity contribution in [2.45, 2.75) is 45.8 Å². The molecule has 0 radical (unpaired) electrons. The third kappa shape index (κ3) is 4.60. The van der Waals surface area contributed by atoms with Gasteiger partial charge in [-0.2, -0.15) is 0 Å². The van der Waals surface area contributed by atoms with Crippen LogP contribution in [0.3, 0.4) is 0 Å². The summed E-state index contributed by atoms with van der Waals surface area (Å²) < 4.78 is 6.89. The number of rotatable bonds is 8. The van der Waals surface area contributed by atoms with Crippen LogP contribution in [0, 0.1) is 11.8 Å². The Morgan fingerprint density at radius 2 is 1.41 bits per heavy atom. The van der Waals surface area contributed by atoms with Crippen LogP contribution < -0.4 is 10.4 Å². The molecule has 1 N–H and O–H groups in total. The lowest BCUT2D eigenvalue weighted by Crippen LogP contribution is -2.67. The summed E-state index contributed by atoms with van der Waals surface area (Å²) in [5.41, 5.74) is 0. The second kappa shape index (κ2) is 9.00. The highest BCUT2D eigenvalue weighted by atomic mass is 28.4.